The van der Waals surface area contributed by atoms with Gasteiger partial charge < -0.3 is 11.1 Å². The van der Waals surface area contributed by atoms with E-state index in [1.807, 2.05) is 0 Å². The maximum atomic E-state index is 10.8. The summed E-state index contributed by atoms with van der Waals surface area (Å²) < 4.78 is 0. The van der Waals surface area contributed by atoms with Crippen molar-refractivity contribution in [1.29, 1.82) is 0 Å². The van der Waals surface area contributed by atoms with Crippen LogP contribution in [0, 0.1) is 5.92 Å². The van der Waals surface area contributed by atoms with Gasteiger partial charge in [0.2, 0.25) is 5.91 Å². The van der Waals surface area contributed by atoms with E-state index in [0.29, 0.717) is 12.6 Å². The smallest absolute Gasteiger partial charge is 0.231 e. The Morgan fingerprint density at radius 3 is 2.57 bits per heavy atom. The average Bonchev–Trinajstić information content (AvgIpc) is 1.98. The van der Waals surface area contributed by atoms with E-state index in [4.69, 9.17) is 5.73 Å². The molecule has 1 saturated heterocycles. The van der Waals surface area contributed by atoms with Gasteiger partial charge in [0.25, 0.3) is 0 Å². The highest BCUT2D eigenvalue weighted by molar-refractivity contribution is 5.75. The Balaban J connectivity index is 2.23. The van der Waals surface area contributed by atoms with Crippen LogP contribution in [0.1, 0.15) is 20.3 Å². The first-order valence-corrected chi connectivity index (χ1v) is 5.32. The standard InChI is InChI=1S/C10H21N3O/c1-8(2)13(7-10(11)14)4-3-9-5-12-6-9/h8-9,12H,3-7H2,1-2H3,(H2,11,14). The van der Waals surface area contributed by atoms with Crippen LogP contribution in [-0.2, 0) is 4.79 Å². The summed E-state index contributed by atoms with van der Waals surface area (Å²) in [6.45, 7) is 7.82. The SMILES string of the molecule is CC(C)N(CCC1CNC1)CC(N)=O. The van der Waals surface area contributed by atoms with E-state index in [1.54, 1.807) is 0 Å². The highest BCUT2D eigenvalue weighted by Gasteiger charge is 2.19. The van der Waals surface area contributed by atoms with Gasteiger partial charge in [-0.2, -0.15) is 0 Å². The lowest BCUT2D eigenvalue weighted by Crippen LogP contribution is -2.45. The van der Waals surface area contributed by atoms with E-state index < -0.39 is 0 Å². The third-order valence-corrected chi connectivity index (χ3v) is 2.78. The molecular weight excluding hydrogens is 178 g/mol. The van der Waals surface area contributed by atoms with Crippen molar-refractivity contribution in [2.45, 2.75) is 26.3 Å². The van der Waals surface area contributed by atoms with Gasteiger partial charge in [-0.3, -0.25) is 9.69 Å². The fourth-order valence-electron chi connectivity index (χ4n) is 1.62. The molecule has 0 atom stereocenters. The van der Waals surface area contributed by atoms with Gasteiger partial charge in [-0.15, -0.1) is 0 Å². The van der Waals surface area contributed by atoms with Gasteiger partial charge in [-0.05, 0) is 45.8 Å². The van der Waals surface area contributed by atoms with Crippen molar-refractivity contribution in [3.05, 3.63) is 0 Å². The van der Waals surface area contributed by atoms with Crippen LogP contribution in [-0.4, -0.2) is 43.0 Å². The molecule has 0 aromatic rings. The van der Waals surface area contributed by atoms with Crippen LogP contribution in [0.3, 0.4) is 0 Å². The molecule has 0 radical (unpaired) electrons. The van der Waals surface area contributed by atoms with Crippen LogP contribution in [0.4, 0.5) is 0 Å². The molecule has 0 spiro atoms. The number of nitrogens with zero attached hydrogens (tertiary/aromatic N) is 1. The van der Waals surface area contributed by atoms with Crippen molar-refractivity contribution in [2.24, 2.45) is 11.7 Å². The van der Waals surface area contributed by atoms with Crippen LogP contribution in [0.25, 0.3) is 0 Å². The molecule has 82 valence electrons. The molecule has 1 rings (SSSR count). The summed E-state index contributed by atoms with van der Waals surface area (Å²) in [5.41, 5.74) is 5.19. The third kappa shape index (κ3) is 3.64. The molecule has 4 heteroatoms. The van der Waals surface area contributed by atoms with Crippen molar-refractivity contribution in [3.63, 3.8) is 0 Å². The lowest BCUT2D eigenvalue weighted by molar-refractivity contribution is -0.119. The number of hydrogen-bond acceptors (Lipinski definition) is 3. The van der Waals surface area contributed by atoms with Crippen LogP contribution in [0.15, 0.2) is 0 Å². The molecule has 0 unspecified atom stereocenters. The molecule has 14 heavy (non-hydrogen) atoms. The van der Waals surface area contributed by atoms with Gasteiger partial charge in [0.05, 0.1) is 6.54 Å². The fourth-order valence-corrected chi connectivity index (χ4v) is 1.62. The van der Waals surface area contributed by atoms with Gasteiger partial charge in [0, 0.05) is 6.04 Å². The monoisotopic (exact) mass is 199 g/mol. The number of hydrogen-bond donors (Lipinski definition) is 2. The summed E-state index contributed by atoms with van der Waals surface area (Å²) in [4.78, 5) is 13.0. The quantitative estimate of drug-likeness (QED) is 0.622. The maximum absolute atomic E-state index is 10.8. The number of amides is 1. The van der Waals surface area contributed by atoms with E-state index in [0.717, 1.165) is 25.6 Å². The molecule has 1 aliphatic heterocycles. The van der Waals surface area contributed by atoms with Gasteiger partial charge in [-0.1, -0.05) is 0 Å². The summed E-state index contributed by atoms with van der Waals surface area (Å²) in [6.07, 6.45) is 1.17. The fraction of sp³-hybridized carbons (Fsp3) is 0.900. The zero-order valence-electron chi connectivity index (χ0n) is 9.12. The Kier molecular flexibility index (Phi) is 4.35. The first kappa shape index (κ1) is 11.5. The largest absolute Gasteiger partial charge is 0.369 e. The second-order valence-electron chi connectivity index (χ2n) is 4.34. The molecule has 1 amide bonds. The maximum Gasteiger partial charge on any atom is 0.231 e. The Bertz CT molecular complexity index is 190. The lowest BCUT2D eigenvalue weighted by atomic mass is 9.99. The number of nitrogens with two attached hydrogens (primary N) is 1. The highest BCUT2D eigenvalue weighted by Crippen LogP contribution is 2.10. The topological polar surface area (TPSA) is 58.4 Å². The van der Waals surface area contributed by atoms with Crippen LogP contribution in [0.5, 0.6) is 0 Å². The zero-order chi connectivity index (χ0) is 10.6. The Labute approximate surface area is 85.8 Å². The van der Waals surface area contributed by atoms with Crippen molar-refractivity contribution in [1.82, 2.24) is 10.2 Å². The second-order valence-corrected chi connectivity index (χ2v) is 4.34. The van der Waals surface area contributed by atoms with E-state index in [9.17, 15) is 4.79 Å². The number of primary amides is 1. The summed E-state index contributed by atoms with van der Waals surface area (Å²) in [5.74, 6) is 0.564. The number of nitrogens with one attached hydrogen (secondary N) is 1. The van der Waals surface area contributed by atoms with E-state index in [2.05, 4.69) is 24.1 Å². The molecule has 3 N–H and O–H groups in total. The first-order valence-electron chi connectivity index (χ1n) is 5.32. The predicted molar refractivity (Wildman–Crippen MR) is 56.9 cm³/mol. The van der Waals surface area contributed by atoms with Gasteiger partial charge >= 0.3 is 0 Å². The zero-order valence-corrected chi connectivity index (χ0v) is 9.12. The van der Waals surface area contributed by atoms with Crippen molar-refractivity contribution < 1.29 is 4.79 Å². The summed E-state index contributed by atoms with van der Waals surface area (Å²) in [7, 11) is 0. The Morgan fingerprint density at radius 2 is 2.21 bits per heavy atom. The molecule has 0 saturated carbocycles. The van der Waals surface area contributed by atoms with Gasteiger partial charge in [0.1, 0.15) is 0 Å². The van der Waals surface area contributed by atoms with E-state index in [1.165, 1.54) is 6.42 Å². The molecule has 4 nitrogen and oxygen atoms in total. The van der Waals surface area contributed by atoms with Crippen molar-refractivity contribution in [2.75, 3.05) is 26.2 Å². The predicted octanol–water partition coefficient (Wildman–Crippen LogP) is -0.208. The normalized spacial score (nSPS) is 17.4. The minimum atomic E-state index is -0.231. The first-order chi connectivity index (χ1) is 6.59. The molecular formula is C10H21N3O. The van der Waals surface area contributed by atoms with Crippen molar-refractivity contribution in [3.8, 4) is 0 Å². The van der Waals surface area contributed by atoms with Crippen LogP contribution >= 0.6 is 0 Å². The van der Waals surface area contributed by atoms with E-state index in [-0.39, 0.29) is 5.91 Å². The van der Waals surface area contributed by atoms with Gasteiger partial charge in [-0.25, -0.2) is 0 Å². The molecule has 1 fully saturated rings. The Morgan fingerprint density at radius 1 is 1.57 bits per heavy atom. The van der Waals surface area contributed by atoms with Gasteiger partial charge in [0.15, 0.2) is 0 Å². The van der Waals surface area contributed by atoms with Crippen LogP contribution in [0.2, 0.25) is 0 Å². The average molecular weight is 199 g/mol. The summed E-state index contributed by atoms with van der Waals surface area (Å²) in [6, 6.07) is 0.399. The van der Waals surface area contributed by atoms with Crippen molar-refractivity contribution >= 4 is 5.91 Å². The lowest BCUT2D eigenvalue weighted by Gasteiger charge is -2.31. The minimum Gasteiger partial charge on any atom is -0.369 e. The molecule has 0 aromatic heterocycles. The molecule has 1 heterocycles. The molecule has 0 aliphatic carbocycles. The number of rotatable bonds is 6. The third-order valence-electron chi connectivity index (χ3n) is 2.78. The number of carbonyl (C=O) groups is 1. The summed E-state index contributed by atoms with van der Waals surface area (Å²) in [5, 5.41) is 3.24. The summed E-state index contributed by atoms with van der Waals surface area (Å²) >= 11 is 0. The molecule has 0 aromatic carbocycles. The minimum absolute atomic E-state index is 0.231. The number of carbonyl (C=O) groups excluding carboxylic acids is 1. The highest BCUT2D eigenvalue weighted by atomic mass is 16.1. The van der Waals surface area contributed by atoms with E-state index >= 15 is 0 Å². The molecule has 0 bridgehead atoms. The second kappa shape index (κ2) is 5.32. The Hall–Kier alpha value is -0.610. The molecule has 1 aliphatic rings. The van der Waals surface area contributed by atoms with Crippen LogP contribution < -0.4 is 11.1 Å².